The number of guanidine groups is 1. The maximum atomic E-state index is 6.07. The van der Waals surface area contributed by atoms with Crippen LogP contribution in [0.4, 0.5) is 0 Å². The summed E-state index contributed by atoms with van der Waals surface area (Å²) >= 11 is 0. The zero-order chi connectivity index (χ0) is 18.0. The molecule has 4 fully saturated rings. The van der Waals surface area contributed by atoms with E-state index in [0.29, 0.717) is 23.6 Å². The lowest BCUT2D eigenvalue weighted by Gasteiger charge is -2.54. The highest BCUT2D eigenvalue weighted by molar-refractivity contribution is 14.0. The van der Waals surface area contributed by atoms with Gasteiger partial charge in [-0.15, -0.1) is 24.0 Å². The normalized spacial score (nSPS) is 31.4. The van der Waals surface area contributed by atoms with Crippen LogP contribution in [0.3, 0.4) is 0 Å². The Kier molecular flexibility index (Phi) is 7.70. The molecule has 0 aromatic rings. The van der Waals surface area contributed by atoms with E-state index in [2.05, 4.69) is 29.4 Å². The van der Waals surface area contributed by atoms with Crippen LogP contribution in [0.2, 0.25) is 0 Å². The van der Waals surface area contributed by atoms with E-state index in [1.54, 1.807) is 0 Å². The third-order valence-corrected chi connectivity index (χ3v) is 7.25. The summed E-state index contributed by atoms with van der Waals surface area (Å²) in [5.74, 6) is 1.04. The molecule has 0 aromatic carbocycles. The van der Waals surface area contributed by atoms with Gasteiger partial charge in [0.25, 0.3) is 0 Å². The molecule has 1 heterocycles. The number of piperidine rings is 1. The summed E-state index contributed by atoms with van der Waals surface area (Å²) in [5, 5.41) is 7.57. The van der Waals surface area contributed by atoms with Crippen molar-refractivity contribution in [2.75, 3.05) is 26.2 Å². The quantitative estimate of drug-likeness (QED) is 0.340. The number of hydrogen-bond acceptors (Lipinski definition) is 3. The Morgan fingerprint density at radius 1 is 1.07 bits per heavy atom. The second-order valence-electron chi connectivity index (χ2n) is 8.83. The fraction of sp³-hybridized carbons (Fsp3) is 0.952. The SMILES string of the molecule is CCN=C(NC1CCN(C2CC2)CC1)NC1CC(OCC)C12CCCC2.I. The van der Waals surface area contributed by atoms with Gasteiger partial charge in [0, 0.05) is 49.8 Å². The Labute approximate surface area is 182 Å². The number of ether oxygens (including phenoxy) is 1. The summed E-state index contributed by atoms with van der Waals surface area (Å²) in [6, 6.07) is 2.02. The van der Waals surface area contributed by atoms with Gasteiger partial charge in [0.15, 0.2) is 5.96 Å². The number of likely N-dealkylation sites (tertiary alicyclic amines) is 1. The summed E-state index contributed by atoms with van der Waals surface area (Å²) in [7, 11) is 0. The van der Waals surface area contributed by atoms with E-state index in [9.17, 15) is 0 Å². The van der Waals surface area contributed by atoms with Crippen molar-refractivity contribution >= 4 is 29.9 Å². The van der Waals surface area contributed by atoms with Crippen LogP contribution in [0.25, 0.3) is 0 Å². The zero-order valence-corrected chi connectivity index (χ0v) is 19.5. The van der Waals surface area contributed by atoms with Gasteiger partial charge in [0.1, 0.15) is 0 Å². The van der Waals surface area contributed by atoms with Crippen LogP contribution in [-0.4, -0.2) is 61.3 Å². The molecular weight excluding hydrogens is 451 g/mol. The van der Waals surface area contributed by atoms with Crippen molar-refractivity contribution < 1.29 is 4.74 Å². The molecule has 3 saturated carbocycles. The number of nitrogens with one attached hydrogen (secondary N) is 2. The van der Waals surface area contributed by atoms with E-state index >= 15 is 0 Å². The van der Waals surface area contributed by atoms with E-state index in [4.69, 9.17) is 9.73 Å². The number of hydrogen-bond donors (Lipinski definition) is 2. The van der Waals surface area contributed by atoms with Crippen molar-refractivity contribution in [1.29, 1.82) is 0 Å². The van der Waals surface area contributed by atoms with Crippen LogP contribution in [0.15, 0.2) is 4.99 Å². The molecule has 156 valence electrons. The number of aliphatic imine (C=N–C) groups is 1. The third-order valence-electron chi connectivity index (χ3n) is 7.25. The highest BCUT2D eigenvalue weighted by atomic mass is 127. The van der Waals surface area contributed by atoms with E-state index in [0.717, 1.165) is 31.6 Å². The summed E-state index contributed by atoms with van der Waals surface area (Å²) in [4.78, 5) is 7.46. The molecule has 5 nitrogen and oxygen atoms in total. The fourth-order valence-corrected chi connectivity index (χ4v) is 5.59. The van der Waals surface area contributed by atoms with Gasteiger partial charge in [0.05, 0.1) is 6.10 Å². The number of halogens is 1. The first-order valence-corrected chi connectivity index (χ1v) is 11.2. The van der Waals surface area contributed by atoms with E-state index in [1.807, 2.05) is 0 Å². The van der Waals surface area contributed by atoms with E-state index in [-0.39, 0.29) is 24.0 Å². The first kappa shape index (κ1) is 21.6. The van der Waals surface area contributed by atoms with E-state index < -0.39 is 0 Å². The Bertz CT molecular complexity index is 496. The second kappa shape index (κ2) is 9.61. The minimum atomic E-state index is 0. The maximum absolute atomic E-state index is 6.07. The summed E-state index contributed by atoms with van der Waals surface area (Å²) in [6.45, 7) is 8.44. The molecule has 0 bridgehead atoms. The van der Waals surface area contributed by atoms with Gasteiger partial charge in [-0.3, -0.25) is 4.99 Å². The monoisotopic (exact) mass is 490 g/mol. The topological polar surface area (TPSA) is 48.9 Å². The highest BCUT2D eigenvalue weighted by Crippen LogP contribution is 2.54. The largest absolute Gasteiger partial charge is 0.378 e. The summed E-state index contributed by atoms with van der Waals surface area (Å²) in [5.41, 5.74) is 0.363. The summed E-state index contributed by atoms with van der Waals surface area (Å²) < 4.78 is 6.07. The molecule has 27 heavy (non-hydrogen) atoms. The lowest BCUT2D eigenvalue weighted by Crippen LogP contribution is -2.65. The van der Waals surface area contributed by atoms with Gasteiger partial charge < -0.3 is 20.3 Å². The van der Waals surface area contributed by atoms with Crippen LogP contribution in [0.1, 0.15) is 71.6 Å². The molecule has 1 spiro atoms. The molecule has 6 heteroatoms. The van der Waals surface area contributed by atoms with Crippen molar-refractivity contribution in [3.05, 3.63) is 0 Å². The standard InChI is InChI=1S/C21H38N4O.HI/c1-3-22-20(23-16-9-13-25(14-10-16)17-7-8-17)24-18-15-19(26-4-2)21(18)11-5-6-12-21;/h16-19H,3-15H2,1-2H3,(H2,22,23,24);1H. The van der Waals surface area contributed by atoms with Gasteiger partial charge in [-0.25, -0.2) is 0 Å². The van der Waals surface area contributed by atoms with Gasteiger partial charge in [-0.2, -0.15) is 0 Å². The number of rotatable bonds is 6. The fourth-order valence-electron chi connectivity index (χ4n) is 5.59. The van der Waals surface area contributed by atoms with Gasteiger partial charge >= 0.3 is 0 Å². The molecular formula is C21H39IN4O. The Balaban J connectivity index is 0.00000210. The molecule has 0 amide bonds. The van der Waals surface area contributed by atoms with Crippen molar-refractivity contribution in [3.63, 3.8) is 0 Å². The van der Waals surface area contributed by atoms with Crippen molar-refractivity contribution in [1.82, 2.24) is 15.5 Å². The molecule has 4 aliphatic rings. The molecule has 1 saturated heterocycles. The lowest BCUT2D eigenvalue weighted by atomic mass is 9.60. The Morgan fingerprint density at radius 3 is 2.37 bits per heavy atom. The molecule has 2 atom stereocenters. The Morgan fingerprint density at radius 2 is 1.78 bits per heavy atom. The second-order valence-corrected chi connectivity index (χ2v) is 8.83. The van der Waals surface area contributed by atoms with Crippen molar-refractivity contribution in [2.45, 2.75) is 95.9 Å². The average molecular weight is 490 g/mol. The zero-order valence-electron chi connectivity index (χ0n) is 17.2. The van der Waals surface area contributed by atoms with Crippen LogP contribution in [-0.2, 0) is 4.74 Å². The minimum absolute atomic E-state index is 0. The lowest BCUT2D eigenvalue weighted by molar-refractivity contribution is -0.125. The minimum Gasteiger partial charge on any atom is -0.378 e. The van der Waals surface area contributed by atoms with Crippen LogP contribution < -0.4 is 10.6 Å². The predicted octanol–water partition coefficient (Wildman–Crippen LogP) is 3.52. The molecule has 3 aliphatic carbocycles. The molecule has 2 N–H and O–H groups in total. The van der Waals surface area contributed by atoms with Gasteiger partial charge in [-0.05, 0) is 58.8 Å². The van der Waals surface area contributed by atoms with Crippen LogP contribution in [0, 0.1) is 5.41 Å². The van der Waals surface area contributed by atoms with Crippen molar-refractivity contribution in [3.8, 4) is 0 Å². The average Bonchev–Trinajstić information content (AvgIpc) is 3.36. The third kappa shape index (κ3) is 4.74. The van der Waals surface area contributed by atoms with Crippen LogP contribution in [0.5, 0.6) is 0 Å². The highest BCUT2D eigenvalue weighted by Gasteiger charge is 2.57. The van der Waals surface area contributed by atoms with E-state index in [1.165, 1.54) is 64.5 Å². The predicted molar refractivity (Wildman–Crippen MR) is 122 cm³/mol. The molecule has 4 rings (SSSR count). The smallest absolute Gasteiger partial charge is 0.191 e. The number of nitrogens with zero attached hydrogens (tertiary/aromatic N) is 2. The van der Waals surface area contributed by atoms with Gasteiger partial charge in [-0.1, -0.05) is 12.8 Å². The Hall–Kier alpha value is -0.0800. The van der Waals surface area contributed by atoms with Crippen molar-refractivity contribution in [2.24, 2.45) is 10.4 Å². The van der Waals surface area contributed by atoms with Gasteiger partial charge in [0.2, 0.25) is 0 Å². The molecule has 1 aliphatic heterocycles. The first-order valence-electron chi connectivity index (χ1n) is 11.2. The summed E-state index contributed by atoms with van der Waals surface area (Å²) in [6.07, 6.45) is 12.3. The van der Waals surface area contributed by atoms with Crippen LogP contribution >= 0.6 is 24.0 Å². The molecule has 2 unspecified atom stereocenters. The molecule has 0 radical (unpaired) electrons. The maximum Gasteiger partial charge on any atom is 0.191 e. The molecule has 0 aromatic heterocycles. The first-order chi connectivity index (χ1) is 12.7.